The number of rotatable bonds is 7. The van der Waals surface area contributed by atoms with Crippen molar-refractivity contribution in [3.63, 3.8) is 0 Å². The first-order valence-corrected chi connectivity index (χ1v) is 11.7. The molecule has 5 aromatic rings. The zero-order chi connectivity index (χ0) is 23.8. The molecule has 0 spiro atoms. The SMILES string of the molecule is Cn1c(NCc2ccc(Oc3cnc4cc(Cl)ccc4n3)cc2)nc2ccc(NC3COC3)cc21. The second-order valence-corrected chi connectivity index (χ2v) is 8.95. The summed E-state index contributed by atoms with van der Waals surface area (Å²) < 4.78 is 13.2. The molecule has 1 fully saturated rings. The van der Waals surface area contributed by atoms with E-state index < -0.39 is 0 Å². The van der Waals surface area contributed by atoms with Crippen molar-refractivity contribution >= 4 is 45.3 Å². The minimum atomic E-state index is 0.387. The van der Waals surface area contributed by atoms with Gasteiger partial charge in [0.1, 0.15) is 5.75 Å². The number of nitrogens with one attached hydrogen (secondary N) is 2. The lowest BCUT2D eigenvalue weighted by Gasteiger charge is -2.27. The number of anilines is 2. The third kappa shape index (κ3) is 4.58. The predicted octanol–water partition coefficient (Wildman–Crippen LogP) is 5.39. The molecule has 0 unspecified atom stereocenters. The van der Waals surface area contributed by atoms with Crippen molar-refractivity contribution in [2.45, 2.75) is 12.6 Å². The number of aryl methyl sites for hydroxylation is 1. The molecular formula is C26H23ClN6O2. The molecule has 3 aromatic carbocycles. The van der Waals surface area contributed by atoms with Crippen LogP contribution in [-0.2, 0) is 18.3 Å². The Labute approximate surface area is 206 Å². The average Bonchev–Trinajstić information content (AvgIpc) is 3.16. The van der Waals surface area contributed by atoms with Crippen molar-refractivity contribution in [2.75, 3.05) is 23.8 Å². The maximum Gasteiger partial charge on any atom is 0.238 e. The summed E-state index contributed by atoms with van der Waals surface area (Å²) >= 11 is 6.01. The highest BCUT2D eigenvalue weighted by Crippen LogP contribution is 2.25. The van der Waals surface area contributed by atoms with Gasteiger partial charge >= 0.3 is 0 Å². The third-order valence-electron chi connectivity index (χ3n) is 5.97. The maximum absolute atomic E-state index is 6.01. The zero-order valence-electron chi connectivity index (χ0n) is 19.0. The number of benzene rings is 3. The molecule has 0 saturated carbocycles. The molecule has 0 bridgehead atoms. The highest BCUT2D eigenvalue weighted by atomic mass is 35.5. The highest BCUT2D eigenvalue weighted by Gasteiger charge is 2.18. The third-order valence-corrected chi connectivity index (χ3v) is 6.20. The van der Waals surface area contributed by atoms with Crippen LogP contribution in [0.2, 0.25) is 5.02 Å². The van der Waals surface area contributed by atoms with E-state index >= 15 is 0 Å². The van der Waals surface area contributed by atoms with E-state index in [1.54, 1.807) is 18.3 Å². The van der Waals surface area contributed by atoms with Crippen LogP contribution in [0.5, 0.6) is 11.6 Å². The second kappa shape index (κ2) is 9.05. The van der Waals surface area contributed by atoms with Crippen LogP contribution in [-0.4, -0.2) is 38.8 Å². The first-order chi connectivity index (χ1) is 17.1. The van der Waals surface area contributed by atoms with Gasteiger partial charge in [-0.3, -0.25) is 0 Å². The summed E-state index contributed by atoms with van der Waals surface area (Å²) in [6.45, 7) is 2.15. The fraction of sp³-hybridized carbons (Fsp3) is 0.192. The average molecular weight is 487 g/mol. The number of hydrogen-bond donors (Lipinski definition) is 2. The first kappa shape index (κ1) is 21.6. The van der Waals surface area contributed by atoms with Crippen LogP contribution in [0.1, 0.15) is 5.56 Å². The molecule has 6 rings (SSSR count). The lowest BCUT2D eigenvalue weighted by molar-refractivity contribution is 0.0211. The Kier molecular flexibility index (Phi) is 5.60. The fourth-order valence-electron chi connectivity index (χ4n) is 3.99. The molecule has 0 aliphatic carbocycles. The molecule has 0 atom stereocenters. The van der Waals surface area contributed by atoms with Crippen LogP contribution in [0, 0.1) is 0 Å². The molecule has 1 aliphatic rings. The Morgan fingerprint density at radius 3 is 2.63 bits per heavy atom. The Bertz CT molecular complexity index is 1510. The van der Waals surface area contributed by atoms with E-state index in [0.29, 0.717) is 29.2 Å². The Morgan fingerprint density at radius 1 is 1.00 bits per heavy atom. The first-order valence-electron chi connectivity index (χ1n) is 11.3. The van der Waals surface area contributed by atoms with E-state index in [0.717, 1.165) is 52.5 Å². The fourth-order valence-corrected chi connectivity index (χ4v) is 4.15. The maximum atomic E-state index is 6.01. The van der Waals surface area contributed by atoms with Gasteiger partial charge in [-0.1, -0.05) is 23.7 Å². The predicted molar refractivity (Wildman–Crippen MR) is 137 cm³/mol. The van der Waals surface area contributed by atoms with Gasteiger partial charge < -0.3 is 24.7 Å². The quantitative estimate of drug-likeness (QED) is 0.319. The summed E-state index contributed by atoms with van der Waals surface area (Å²) in [5, 5.41) is 7.55. The number of ether oxygens (including phenoxy) is 2. The Hall–Kier alpha value is -3.88. The van der Waals surface area contributed by atoms with Gasteiger partial charge in [0, 0.05) is 24.3 Å². The van der Waals surface area contributed by atoms with E-state index in [2.05, 4.69) is 37.3 Å². The van der Waals surface area contributed by atoms with Crippen molar-refractivity contribution in [3.8, 4) is 11.6 Å². The second-order valence-electron chi connectivity index (χ2n) is 8.52. The molecule has 3 heterocycles. The summed E-state index contributed by atoms with van der Waals surface area (Å²) in [7, 11) is 2.02. The molecule has 2 aromatic heterocycles. The summed E-state index contributed by atoms with van der Waals surface area (Å²) in [6.07, 6.45) is 1.60. The topological polar surface area (TPSA) is 86.1 Å². The van der Waals surface area contributed by atoms with Crippen LogP contribution in [0.3, 0.4) is 0 Å². The summed E-state index contributed by atoms with van der Waals surface area (Å²) in [4.78, 5) is 13.6. The Balaban J connectivity index is 1.11. The van der Waals surface area contributed by atoms with Crippen molar-refractivity contribution in [1.29, 1.82) is 0 Å². The minimum Gasteiger partial charge on any atom is -0.437 e. The lowest BCUT2D eigenvalue weighted by Crippen LogP contribution is -2.40. The molecule has 0 radical (unpaired) electrons. The smallest absolute Gasteiger partial charge is 0.238 e. The van der Waals surface area contributed by atoms with Crippen LogP contribution >= 0.6 is 11.6 Å². The van der Waals surface area contributed by atoms with Gasteiger partial charge in [-0.25, -0.2) is 15.0 Å². The van der Waals surface area contributed by atoms with E-state index in [1.807, 2.05) is 43.4 Å². The normalized spacial score (nSPS) is 13.7. The number of nitrogens with zero attached hydrogens (tertiary/aromatic N) is 4. The summed E-state index contributed by atoms with van der Waals surface area (Å²) in [6, 6.07) is 19.9. The van der Waals surface area contributed by atoms with Gasteiger partial charge in [-0.05, 0) is 54.1 Å². The molecule has 9 heteroatoms. The number of fused-ring (bicyclic) bond motifs is 2. The lowest BCUT2D eigenvalue weighted by atomic mass is 10.2. The van der Waals surface area contributed by atoms with Gasteiger partial charge in [-0.2, -0.15) is 0 Å². The molecule has 1 saturated heterocycles. The van der Waals surface area contributed by atoms with E-state index in [9.17, 15) is 0 Å². The molecule has 8 nitrogen and oxygen atoms in total. The van der Waals surface area contributed by atoms with Gasteiger partial charge in [0.15, 0.2) is 0 Å². The van der Waals surface area contributed by atoms with E-state index in [4.69, 9.17) is 26.1 Å². The number of imidazole rings is 1. The van der Waals surface area contributed by atoms with Crippen LogP contribution in [0.4, 0.5) is 11.6 Å². The van der Waals surface area contributed by atoms with Crippen LogP contribution in [0.15, 0.2) is 66.9 Å². The van der Waals surface area contributed by atoms with Crippen LogP contribution < -0.4 is 15.4 Å². The summed E-state index contributed by atoms with van der Waals surface area (Å²) in [5.41, 5.74) is 5.67. The molecule has 35 heavy (non-hydrogen) atoms. The highest BCUT2D eigenvalue weighted by molar-refractivity contribution is 6.31. The van der Waals surface area contributed by atoms with E-state index in [-0.39, 0.29) is 0 Å². The molecular weight excluding hydrogens is 464 g/mol. The summed E-state index contributed by atoms with van der Waals surface area (Å²) in [5.74, 6) is 1.94. The minimum absolute atomic E-state index is 0.387. The standard InChI is InChI=1S/C26H23ClN6O2/c1-33-24-11-18(30-19-14-34-15-19)5-9-22(24)32-26(33)29-12-16-2-6-20(7-3-16)35-25-13-28-23-10-17(27)4-8-21(23)31-25/h2-11,13,19,30H,12,14-15H2,1H3,(H,29,32). The monoisotopic (exact) mass is 486 g/mol. The number of aromatic nitrogens is 4. The van der Waals surface area contributed by atoms with Gasteiger partial charge in [0.05, 0.1) is 47.5 Å². The van der Waals surface area contributed by atoms with Crippen LogP contribution in [0.25, 0.3) is 22.1 Å². The van der Waals surface area contributed by atoms with E-state index in [1.165, 1.54) is 0 Å². The molecule has 1 aliphatic heterocycles. The van der Waals surface area contributed by atoms with Gasteiger partial charge in [0.25, 0.3) is 0 Å². The van der Waals surface area contributed by atoms with Crippen molar-refractivity contribution < 1.29 is 9.47 Å². The van der Waals surface area contributed by atoms with Crippen molar-refractivity contribution in [3.05, 3.63) is 77.4 Å². The van der Waals surface area contributed by atoms with Crippen molar-refractivity contribution in [2.24, 2.45) is 7.05 Å². The number of halogens is 1. The van der Waals surface area contributed by atoms with Gasteiger partial charge in [0.2, 0.25) is 11.8 Å². The zero-order valence-corrected chi connectivity index (χ0v) is 19.8. The number of hydrogen-bond acceptors (Lipinski definition) is 7. The van der Waals surface area contributed by atoms with Crippen molar-refractivity contribution in [1.82, 2.24) is 19.5 Å². The molecule has 176 valence electrons. The molecule has 2 N–H and O–H groups in total. The van der Waals surface area contributed by atoms with Gasteiger partial charge in [-0.15, -0.1) is 0 Å². The largest absolute Gasteiger partial charge is 0.437 e. The molecule has 0 amide bonds. The Morgan fingerprint density at radius 2 is 1.83 bits per heavy atom.